The van der Waals surface area contributed by atoms with Crippen molar-refractivity contribution in [2.75, 3.05) is 0 Å². The zero-order valence-corrected chi connectivity index (χ0v) is 9.31. The smallest absolute Gasteiger partial charge is 0.0619 e. The van der Waals surface area contributed by atoms with Crippen molar-refractivity contribution in [3.63, 3.8) is 0 Å². The first kappa shape index (κ1) is 9.45. The van der Waals surface area contributed by atoms with Crippen LogP contribution in [0.4, 0.5) is 0 Å². The minimum absolute atomic E-state index is 0.728. The van der Waals surface area contributed by atoms with Crippen LogP contribution in [0.15, 0.2) is 30.3 Å². The summed E-state index contributed by atoms with van der Waals surface area (Å²) in [6.07, 6.45) is 0. The minimum atomic E-state index is -1.67. The Morgan fingerprint density at radius 1 is 1.36 bits per heavy atom. The second-order valence-electron chi connectivity index (χ2n) is 1.73. The van der Waals surface area contributed by atoms with Crippen LogP contribution in [-0.2, 0) is 8.54 Å². The van der Waals surface area contributed by atoms with E-state index >= 15 is 0 Å². The molecule has 0 aliphatic carbocycles. The number of hydrogen-bond acceptors (Lipinski definition) is 3. The van der Waals surface area contributed by atoms with Crippen LogP contribution in [-0.4, -0.2) is 0 Å². The predicted molar refractivity (Wildman–Crippen MR) is 56.4 cm³/mol. The maximum absolute atomic E-state index is 11.1. The van der Waals surface area contributed by atoms with Crippen LogP contribution in [0.25, 0.3) is 0 Å². The van der Waals surface area contributed by atoms with Gasteiger partial charge in [-0.25, -0.2) is 0 Å². The number of benzene rings is 1. The summed E-state index contributed by atoms with van der Waals surface area (Å²) in [6.45, 7) is 0. The van der Waals surface area contributed by atoms with Crippen LogP contribution in [0, 0.1) is 0 Å². The lowest BCUT2D eigenvalue weighted by Crippen LogP contribution is -1.92. The first-order chi connectivity index (χ1) is 5.34. The van der Waals surface area contributed by atoms with E-state index in [0.29, 0.717) is 0 Å². The van der Waals surface area contributed by atoms with E-state index in [1.807, 2.05) is 39.4 Å². The van der Waals surface area contributed by atoms with Crippen molar-refractivity contribution in [2.45, 2.75) is 0 Å². The molecule has 0 saturated heterocycles. The fourth-order valence-corrected chi connectivity index (χ4v) is 2.90. The highest BCUT2D eigenvalue weighted by Crippen LogP contribution is 2.31. The SMILES string of the molecule is O=[P+](OSI)c1ccccc1. The zero-order valence-electron chi connectivity index (χ0n) is 5.44. The van der Waals surface area contributed by atoms with Gasteiger partial charge in [0.05, 0.1) is 0 Å². The fraction of sp³-hybridized carbons (Fsp3) is 0. The molecule has 1 rings (SSSR count). The fourth-order valence-electron chi connectivity index (χ4n) is 0.618. The maximum Gasteiger partial charge on any atom is 0.561 e. The van der Waals surface area contributed by atoms with Crippen molar-refractivity contribution in [3.05, 3.63) is 30.3 Å². The van der Waals surface area contributed by atoms with Crippen LogP contribution in [0.2, 0.25) is 0 Å². The highest BCUT2D eigenvalue weighted by Gasteiger charge is 2.21. The predicted octanol–water partition coefficient (Wildman–Crippen LogP) is 3.07. The summed E-state index contributed by atoms with van der Waals surface area (Å²) in [5.41, 5.74) is 0. The number of halogens is 1. The van der Waals surface area contributed by atoms with E-state index in [9.17, 15) is 4.57 Å². The first-order valence-corrected chi connectivity index (χ1v) is 7.28. The van der Waals surface area contributed by atoms with E-state index in [4.69, 9.17) is 3.97 Å². The Kier molecular flexibility index (Phi) is 4.37. The Bertz CT molecular complexity index is 242. The van der Waals surface area contributed by atoms with Gasteiger partial charge in [-0.3, -0.25) is 0 Å². The molecule has 1 atom stereocenters. The summed E-state index contributed by atoms with van der Waals surface area (Å²) in [5, 5.41) is 0.728. The summed E-state index contributed by atoms with van der Waals surface area (Å²) in [5.74, 6) is 0. The lowest BCUT2D eigenvalue weighted by atomic mass is 10.4. The second-order valence-corrected chi connectivity index (χ2v) is 4.56. The molecule has 0 heterocycles. The van der Waals surface area contributed by atoms with Crippen molar-refractivity contribution in [2.24, 2.45) is 0 Å². The standard InChI is InChI=1S/C6H5IO2PS/c7-11-9-10(8)6-4-2-1-3-5-6/h1-5H/q+1. The molecular weight excluding hydrogens is 294 g/mol. The van der Waals surface area contributed by atoms with E-state index in [2.05, 4.69) is 0 Å². The van der Waals surface area contributed by atoms with E-state index < -0.39 is 8.03 Å². The molecule has 0 fully saturated rings. The van der Waals surface area contributed by atoms with E-state index in [0.717, 1.165) is 14.5 Å². The molecule has 0 N–H and O–H groups in total. The summed E-state index contributed by atoms with van der Waals surface area (Å²) in [7, 11) is -0.579. The van der Waals surface area contributed by atoms with Gasteiger partial charge >= 0.3 is 8.03 Å². The molecule has 5 heteroatoms. The molecule has 1 unspecified atom stereocenters. The normalized spacial score (nSPS) is 11.2. The summed E-state index contributed by atoms with van der Waals surface area (Å²) in [6, 6.07) is 9.12. The van der Waals surface area contributed by atoms with Crippen molar-refractivity contribution < 1.29 is 8.54 Å². The van der Waals surface area contributed by atoms with Crippen LogP contribution >= 0.6 is 38.4 Å². The van der Waals surface area contributed by atoms with Gasteiger partial charge in [0.15, 0.2) is 0 Å². The van der Waals surface area contributed by atoms with Crippen molar-refractivity contribution in [1.29, 1.82) is 0 Å². The molecule has 0 saturated carbocycles. The van der Waals surface area contributed by atoms with Gasteiger partial charge in [-0.2, -0.15) is 0 Å². The second kappa shape index (κ2) is 5.09. The molecule has 0 aromatic heterocycles. The van der Waals surface area contributed by atoms with Crippen molar-refractivity contribution in [3.8, 4) is 0 Å². The molecule has 0 bridgehead atoms. The van der Waals surface area contributed by atoms with E-state index in [-0.39, 0.29) is 0 Å². The van der Waals surface area contributed by atoms with Crippen LogP contribution in [0.5, 0.6) is 0 Å². The average molecular weight is 299 g/mol. The van der Waals surface area contributed by atoms with Gasteiger partial charge in [0.1, 0.15) is 9.21 Å². The highest BCUT2D eigenvalue weighted by atomic mass is 127. The van der Waals surface area contributed by atoms with E-state index in [1.54, 1.807) is 12.1 Å². The largest absolute Gasteiger partial charge is 0.561 e. The average Bonchev–Trinajstić information content (AvgIpc) is 2.07. The summed E-state index contributed by atoms with van der Waals surface area (Å²) >= 11 is 1.94. The molecule has 1 aromatic carbocycles. The Hall–Kier alpha value is 0.360. The van der Waals surface area contributed by atoms with Gasteiger partial charge < -0.3 is 0 Å². The first-order valence-electron chi connectivity index (χ1n) is 2.82. The van der Waals surface area contributed by atoms with Crippen molar-refractivity contribution in [1.82, 2.24) is 0 Å². The summed E-state index contributed by atoms with van der Waals surface area (Å²) in [4.78, 5) is 0. The topological polar surface area (TPSA) is 26.3 Å². The highest BCUT2D eigenvalue weighted by molar-refractivity contribution is 14.2. The van der Waals surface area contributed by atoms with Crippen molar-refractivity contribution >= 4 is 43.8 Å². The number of rotatable bonds is 3. The van der Waals surface area contributed by atoms with Gasteiger partial charge in [0.2, 0.25) is 5.30 Å². The Morgan fingerprint density at radius 2 is 2.00 bits per heavy atom. The quantitative estimate of drug-likeness (QED) is 0.487. The van der Waals surface area contributed by atoms with Gasteiger partial charge in [0, 0.05) is 21.2 Å². The Balaban J connectivity index is 2.69. The lowest BCUT2D eigenvalue weighted by molar-refractivity contribution is 0.545. The molecule has 58 valence electrons. The lowest BCUT2D eigenvalue weighted by Gasteiger charge is -1.81. The molecule has 0 spiro atoms. The molecule has 2 nitrogen and oxygen atoms in total. The van der Waals surface area contributed by atoms with Gasteiger partial charge in [-0.1, -0.05) is 22.2 Å². The third-order valence-corrected chi connectivity index (χ3v) is 4.00. The minimum Gasteiger partial charge on any atom is -0.0619 e. The zero-order chi connectivity index (χ0) is 8.10. The third kappa shape index (κ3) is 3.07. The number of hydrogen-bond donors (Lipinski definition) is 0. The summed E-state index contributed by atoms with van der Waals surface area (Å²) < 4.78 is 16.0. The Labute approximate surface area is 82.4 Å². The van der Waals surface area contributed by atoms with Gasteiger partial charge in [-0.05, 0) is 16.7 Å². The van der Waals surface area contributed by atoms with Crippen LogP contribution in [0.1, 0.15) is 0 Å². The van der Waals surface area contributed by atoms with Gasteiger partial charge in [0.25, 0.3) is 0 Å². The molecule has 0 aliphatic rings. The van der Waals surface area contributed by atoms with Gasteiger partial charge in [-0.15, -0.1) is 0 Å². The molecule has 0 aliphatic heterocycles. The maximum atomic E-state index is 11.1. The third-order valence-electron chi connectivity index (χ3n) is 1.06. The van der Waals surface area contributed by atoms with Crippen LogP contribution in [0.3, 0.4) is 0 Å². The monoisotopic (exact) mass is 299 g/mol. The van der Waals surface area contributed by atoms with Crippen LogP contribution < -0.4 is 5.30 Å². The molecule has 0 radical (unpaired) electrons. The molecule has 0 amide bonds. The van der Waals surface area contributed by atoms with E-state index in [1.165, 1.54) is 0 Å². The molecular formula is C6H5IO2PS+. The molecule has 11 heavy (non-hydrogen) atoms. The molecule has 1 aromatic rings. The Morgan fingerprint density at radius 3 is 2.55 bits per heavy atom.